The number of hydrogen-bond acceptors (Lipinski definition) is 5. The average molecular weight is 232 g/mol. The predicted molar refractivity (Wildman–Crippen MR) is 57.0 cm³/mol. The summed E-state index contributed by atoms with van der Waals surface area (Å²) in [6, 6.07) is 0. The van der Waals surface area contributed by atoms with Crippen molar-refractivity contribution in [1.29, 1.82) is 0 Å². The van der Waals surface area contributed by atoms with Gasteiger partial charge in [-0.25, -0.2) is 0 Å². The van der Waals surface area contributed by atoms with Gasteiger partial charge in [-0.1, -0.05) is 0 Å². The van der Waals surface area contributed by atoms with E-state index in [1.54, 1.807) is 14.0 Å². The monoisotopic (exact) mass is 232 g/mol. The molecule has 0 aliphatic carbocycles. The first-order valence-electron chi connectivity index (χ1n) is 5.56. The fraction of sp³-hybridized carbons (Fsp3) is 0.909. The van der Waals surface area contributed by atoms with E-state index in [1.165, 1.54) is 0 Å². The first-order valence-corrected chi connectivity index (χ1v) is 5.56. The molecule has 1 fully saturated rings. The van der Waals surface area contributed by atoms with Crippen molar-refractivity contribution >= 4 is 5.97 Å². The molecule has 0 amide bonds. The summed E-state index contributed by atoms with van der Waals surface area (Å²) in [6.45, 7) is 5.05. The van der Waals surface area contributed by atoms with Crippen LogP contribution in [0.3, 0.4) is 0 Å². The Morgan fingerprint density at radius 1 is 1.56 bits per heavy atom. The summed E-state index contributed by atoms with van der Waals surface area (Å²) in [7, 11) is 1.62. The van der Waals surface area contributed by atoms with Crippen molar-refractivity contribution in [2.75, 3.05) is 26.9 Å². The Labute approximate surface area is 96.0 Å². The van der Waals surface area contributed by atoms with E-state index in [4.69, 9.17) is 18.9 Å². The van der Waals surface area contributed by atoms with Crippen LogP contribution < -0.4 is 0 Å². The minimum atomic E-state index is -0.685. The summed E-state index contributed by atoms with van der Waals surface area (Å²) in [5.41, 5.74) is 0. The molecule has 0 saturated carbocycles. The lowest BCUT2D eigenvalue weighted by molar-refractivity contribution is -0.170. The van der Waals surface area contributed by atoms with Gasteiger partial charge in [0.1, 0.15) is 6.10 Å². The molecular formula is C11H20O5. The van der Waals surface area contributed by atoms with E-state index in [9.17, 15) is 4.79 Å². The van der Waals surface area contributed by atoms with Crippen LogP contribution in [0.5, 0.6) is 0 Å². The van der Waals surface area contributed by atoms with Crippen molar-refractivity contribution < 1.29 is 23.7 Å². The van der Waals surface area contributed by atoms with Crippen molar-refractivity contribution in [3.8, 4) is 0 Å². The molecule has 1 aliphatic heterocycles. The number of rotatable bonds is 6. The maximum Gasteiger partial charge on any atom is 0.305 e. The number of ether oxygens (including phenoxy) is 4. The average Bonchev–Trinajstić information content (AvgIpc) is 2.60. The molecule has 0 aromatic carbocycles. The molecule has 5 nitrogen and oxygen atoms in total. The summed E-state index contributed by atoms with van der Waals surface area (Å²) < 4.78 is 21.0. The highest BCUT2D eigenvalue weighted by Gasteiger charge is 2.37. The molecule has 1 rings (SSSR count). The van der Waals surface area contributed by atoms with E-state index in [1.807, 2.05) is 6.92 Å². The summed E-state index contributed by atoms with van der Waals surface area (Å²) in [5, 5.41) is 0. The molecule has 0 aromatic heterocycles. The van der Waals surface area contributed by atoms with Gasteiger partial charge >= 0.3 is 5.97 Å². The van der Waals surface area contributed by atoms with Crippen LogP contribution in [0.1, 0.15) is 26.7 Å². The van der Waals surface area contributed by atoms with Crippen molar-refractivity contribution in [3.63, 3.8) is 0 Å². The van der Waals surface area contributed by atoms with Crippen molar-refractivity contribution in [2.24, 2.45) is 0 Å². The zero-order valence-electron chi connectivity index (χ0n) is 10.2. The van der Waals surface area contributed by atoms with Gasteiger partial charge in [0.2, 0.25) is 0 Å². The molecule has 0 aromatic rings. The van der Waals surface area contributed by atoms with Crippen molar-refractivity contribution in [1.82, 2.24) is 0 Å². The lowest BCUT2D eigenvalue weighted by Crippen LogP contribution is -2.29. The third-order valence-corrected chi connectivity index (χ3v) is 2.43. The highest BCUT2D eigenvalue weighted by Crippen LogP contribution is 2.28. The molecule has 1 saturated heterocycles. The lowest BCUT2D eigenvalue weighted by atomic mass is 10.2. The Kier molecular flexibility index (Phi) is 5.18. The standard InChI is InChI=1S/C11H20O5/c1-4-14-10(12)5-6-11(2)15-8-9(16-11)7-13-3/h9H,4-8H2,1-3H3/t9-,11-/m1/s1. The first kappa shape index (κ1) is 13.4. The van der Waals surface area contributed by atoms with E-state index < -0.39 is 5.79 Å². The summed E-state index contributed by atoms with van der Waals surface area (Å²) in [4.78, 5) is 11.2. The molecule has 0 bridgehead atoms. The molecule has 0 N–H and O–H groups in total. The van der Waals surface area contributed by atoms with Gasteiger partial charge in [-0.2, -0.15) is 0 Å². The highest BCUT2D eigenvalue weighted by molar-refractivity contribution is 5.69. The van der Waals surface area contributed by atoms with Crippen LogP contribution in [0.4, 0.5) is 0 Å². The molecule has 2 atom stereocenters. The minimum absolute atomic E-state index is 0.0443. The smallest absolute Gasteiger partial charge is 0.305 e. The van der Waals surface area contributed by atoms with E-state index in [0.29, 0.717) is 32.7 Å². The van der Waals surface area contributed by atoms with E-state index in [-0.39, 0.29) is 12.1 Å². The van der Waals surface area contributed by atoms with Gasteiger partial charge in [0.15, 0.2) is 5.79 Å². The van der Waals surface area contributed by atoms with Crippen LogP contribution in [0.2, 0.25) is 0 Å². The van der Waals surface area contributed by atoms with E-state index in [2.05, 4.69) is 0 Å². The molecule has 1 aliphatic rings. The zero-order chi connectivity index (χ0) is 12.0. The molecule has 0 spiro atoms. The molecule has 94 valence electrons. The second-order valence-corrected chi connectivity index (χ2v) is 3.95. The maximum absolute atomic E-state index is 11.2. The van der Waals surface area contributed by atoms with Gasteiger partial charge in [-0.05, 0) is 13.8 Å². The quantitative estimate of drug-likeness (QED) is 0.642. The predicted octanol–water partition coefficient (Wildman–Crippen LogP) is 1.11. The van der Waals surface area contributed by atoms with E-state index >= 15 is 0 Å². The largest absolute Gasteiger partial charge is 0.466 e. The second kappa shape index (κ2) is 6.18. The van der Waals surface area contributed by atoms with Gasteiger partial charge in [0, 0.05) is 13.5 Å². The van der Waals surface area contributed by atoms with Gasteiger partial charge < -0.3 is 18.9 Å². The highest BCUT2D eigenvalue weighted by atomic mass is 16.7. The zero-order valence-corrected chi connectivity index (χ0v) is 10.2. The third-order valence-electron chi connectivity index (χ3n) is 2.43. The number of esters is 1. The Morgan fingerprint density at radius 3 is 2.94 bits per heavy atom. The summed E-state index contributed by atoms with van der Waals surface area (Å²) >= 11 is 0. The van der Waals surface area contributed by atoms with Crippen LogP contribution in [-0.4, -0.2) is 44.8 Å². The Hall–Kier alpha value is -0.650. The molecule has 0 unspecified atom stereocenters. The van der Waals surface area contributed by atoms with Gasteiger partial charge in [0.05, 0.1) is 26.2 Å². The van der Waals surface area contributed by atoms with Crippen molar-refractivity contribution in [2.45, 2.75) is 38.6 Å². The van der Waals surface area contributed by atoms with E-state index in [0.717, 1.165) is 0 Å². The van der Waals surface area contributed by atoms with Crippen LogP contribution in [0, 0.1) is 0 Å². The molecule has 1 heterocycles. The van der Waals surface area contributed by atoms with Crippen LogP contribution in [0.25, 0.3) is 0 Å². The summed E-state index contributed by atoms with van der Waals surface area (Å²) in [6.07, 6.45) is 0.771. The van der Waals surface area contributed by atoms with Gasteiger partial charge in [0.25, 0.3) is 0 Å². The SMILES string of the molecule is CCOC(=O)CC[C@]1(C)OC[C@@H](COC)O1. The fourth-order valence-corrected chi connectivity index (χ4v) is 1.65. The second-order valence-electron chi connectivity index (χ2n) is 3.95. The normalized spacial score (nSPS) is 29.3. The lowest BCUT2D eigenvalue weighted by Gasteiger charge is -2.22. The fourth-order valence-electron chi connectivity index (χ4n) is 1.65. The van der Waals surface area contributed by atoms with Crippen molar-refractivity contribution in [3.05, 3.63) is 0 Å². The molecule has 5 heteroatoms. The number of hydrogen-bond donors (Lipinski definition) is 0. The molecular weight excluding hydrogens is 212 g/mol. The topological polar surface area (TPSA) is 54.0 Å². The van der Waals surface area contributed by atoms with Gasteiger partial charge in [-0.15, -0.1) is 0 Å². The Morgan fingerprint density at radius 2 is 2.31 bits per heavy atom. The Balaban J connectivity index is 2.28. The maximum atomic E-state index is 11.2. The van der Waals surface area contributed by atoms with Crippen LogP contribution >= 0.6 is 0 Å². The third kappa shape index (κ3) is 4.08. The number of methoxy groups -OCH3 is 1. The minimum Gasteiger partial charge on any atom is -0.466 e. The Bertz CT molecular complexity index is 230. The number of carbonyl (C=O) groups is 1. The molecule has 0 radical (unpaired) electrons. The number of carbonyl (C=O) groups excluding carboxylic acids is 1. The summed E-state index contributed by atoms with van der Waals surface area (Å²) in [5.74, 6) is -0.901. The molecule has 16 heavy (non-hydrogen) atoms. The van der Waals surface area contributed by atoms with Crippen LogP contribution in [-0.2, 0) is 23.7 Å². The first-order chi connectivity index (χ1) is 7.59. The van der Waals surface area contributed by atoms with Crippen LogP contribution in [0.15, 0.2) is 0 Å². The van der Waals surface area contributed by atoms with Gasteiger partial charge in [-0.3, -0.25) is 4.79 Å².